The topological polar surface area (TPSA) is 85.1 Å². The van der Waals surface area contributed by atoms with Gasteiger partial charge in [0.1, 0.15) is 11.5 Å². The Morgan fingerprint density at radius 3 is 2.28 bits per heavy atom. The summed E-state index contributed by atoms with van der Waals surface area (Å²) in [5.74, 6) is 2.08. The highest BCUT2D eigenvalue weighted by atomic mass is 35.5. The first kappa shape index (κ1) is 18.8. The molecule has 0 radical (unpaired) electrons. The van der Waals surface area contributed by atoms with Crippen molar-refractivity contribution >= 4 is 11.6 Å². The first-order valence-electron chi connectivity index (χ1n) is 8.87. The van der Waals surface area contributed by atoms with Gasteiger partial charge < -0.3 is 15.3 Å². The molecule has 4 rings (SSSR count). The quantitative estimate of drug-likeness (QED) is 0.500. The van der Waals surface area contributed by atoms with Crippen molar-refractivity contribution in [3.63, 3.8) is 0 Å². The maximum atomic E-state index is 10.2. The Hall–Kier alpha value is -3.58. The van der Waals surface area contributed by atoms with Crippen molar-refractivity contribution in [2.24, 2.45) is 0 Å². The van der Waals surface area contributed by atoms with Crippen LogP contribution in [0.3, 0.4) is 0 Å². The second kappa shape index (κ2) is 8.20. The summed E-state index contributed by atoms with van der Waals surface area (Å²) in [5, 5.41) is 19.6. The molecule has 0 amide bonds. The number of benzene rings is 2. The number of hydrogen-bond acceptors (Lipinski definition) is 6. The number of rotatable bonds is 6. The van der Waals surface area contributed by atoms with Crippen LogP contribution in [0.4, 0.5) is 0 Å². The molecule has 0 saturated heterocycles. The molecule has 0 unspecified atom stereocenters. The van der Waals surface area contributed by atoms with E-state index >= 15 is 0 Å². The smallest absolute Gasteiger partial charge is 0.183 e. The molecule has 0 aliphatic carbocycles. The first-order valence-corrected chi connectivity index (χ1v) is 9.25. The average Bonchev–Trinajstić information content (AvgIpc) is 3.18. The van der Waals surface area contributed by atoms with Gasteiger partial charge in [-0.15, -0.1) is 10.2 Å². The number of ether oxygens (including phenoxy) is 1. The molecule has 2 heterocycles. The zero-order chi connectivity index (χ0) is 20.2. The SMILES string of the molecule is COc1ccc(O)c(CNn2c(-c3ccncc3)nnc2-c2ccc(Cl)cc2)c1. The Morgan fingerprint density at radius 2 is 1.62 bits per heavy atom. The summed E-state index contributed by atoms with van der Waals surface area (Å²) in [7, 11) is 1.59. The van der Waals surface area contributed by atoms with E-state index in [2.05, 4.69) is 20.6 Å². The summed E-state index contributed by atoms with van der Waals surface area (Å²) in [4.78, 5) is 4.06. The van der Waals surface area contributed by atoms with Crippen molar-refractivity contribution in [2.45, 2.75) is 6.54 Å². The number of methoxy groups -OCH3 is 1. The van der Waals surface area contributed by atoms with E-state index in [1.54, 1.807) is 54.5 Å². The monoisotopic (exact) mass is 407 g/mol. The van der Waals surface area contributed by atoms with Gasteiger partial charge in [0.25, 0.3) is 0 Å². The van der Waals surface area contributed by atoms with E-state index in [0.717, 1.165) is 11.1 Å². The van der Waals surface area contributed by atoms with E-state index in [4.69, 9.17) is 16.3 Å². The van der Waals surface area contributed by atoms with Gasteiger partial charge in [-0.2, -0.15) is 0 Å². The van der Waals surface area contributed by atoms with Gasteiger partial charge >= 0.3 is 0 Å². The largest absolute Gasteiger partial charge is 0.508 e. The lowest BCUT2D eigenvalue weighted by Crippen LogP contribution is -2.17. The number of aromatic nitrogens is 4. The predicted molar refractivity (Wildman–Crippen MR) is 111 cm³/mol. The van der Waals surface area contributed by atoms with E-state index in [-0.39, 0.29) is 5.75 Å². The molecular formula is C21H18ClN5O2. The highest BCUT2D eigenvalue weighted by Gasteiger charge is 2.16. The van der Waals surface area contributed by atoms with Crippen LogP contribution in [0, 0.1) is 0 Å². The van der Waals surface area contributed by atoms with E-state index < -0.39 is 0 Å². The third-order valence-electron chi connectivity index (χ3n) is 4.42. The molecule has 0 aliphatic heterocycles. The van der Waals surface area contributed by atoms with Crippen molar-refractivity contribution in [1.29, 1.82) is 0 Å². The van der Waals surface area contributed by atoms with Gasteiger partial charge in [-0.25, -0.2) is 4.68 Å². The molecule has 0 saturated carbocycles. The number of nitrogens with one attached hydrogen (secondary N) is 1. The zero-order valence-corrected chi connectivity index (χ0v) is 16.3. The zero-order valence-electron chi connectivity index (χ0n) is 15.6. The van der Waals surface area contributed by atoms with Gasteiger partial charge in [-0.1, -0.05) is 11.6 Å². The minimum absolute atomic E-state index is 0.171. The lowest BCUT2D eigenvalue weighted by Gasteiger charge is -2.14. The highest BCUT2D eigenvalue weighted by Crippen LogP contribution is 2.26. The van der Waals surface area contributed by atoms with Crippen LogP contribution >= 0.6 is 11.6 Å². The summed E-state index contributed by atoms with van der Waals surface area (Å²) in [5.41, 5.74) is 5.69. The Labute approximate surface area is 172 Å². The molecule has 7 nitrogen and oxygen atoms in total. The Bertz CT molecular complexity index is 1110. The summed E-state index contributed by atoms with van der Waals surface area (Å²) in [6.07, 6.45) is 3.40. The maximum absolute atomic E-state index is 10.2. The van der Waals surface area contributed by atoms with Crippen LogP contribution in [-0.4, -0.2) is 32.1 Å². The van der Waals surface area contributed by atoms with Crippen LogP contribution in [0.2, 0.25) is 5.02 Å². The predicted octanol–water partition coefficient (Wildman–Crippen LogP) is 4.12. The van der Waals surface area contributed by atoms with Gasteiger partial charge in [0.2, 0.25) is 0 Å². The third-order valence-corrected chi connectivity index (χ3v) is 4.67. The lowest BCUT2D eigenvalue weighted by molar-refractivity contribution is 0.411. The van der Waals surface area contributed by atoms with Gasteiger partial charge in [0, 0.05) is 34.1 Å². The fourth-order valence-corrected chi connectivity index (χ4v) is 3.03. The number of phenolic OH excluding ortho intramolecular Hbond substituents is 1. The molecule has 4 aromatic rings. The van der Waals surface area contributed by atoms with E-state index in [0.29, 0.717) is 34.5 Å². The summed E-state index contributed by atoms with van der Waals surface area (Å²) < 4.78 is 7.04. The molecule has 0 bridgehead atoms. The van der Waals surface area contributed by atoms with E-state index in [9.17, 15) is 5.11 Å². The van der Waals surface area contributed by atoms with Crippen molar-refractivity contribution in [3.8, 4) is 34.3 Å². The van der Waals surface area contributed by atoms with E-state index in [1.807, 2.05) is 24.3 Å². The molecule has 0 fully saturated rings. The number of phenols is 1. The van der Waals surface area contributed by atoms with Crippen LogP contribution in [0.25, 0.3) is 22.8 Å². The maximum Gasteiger partial charge on any atom is 0.183 e. The molecule has 8 heteroatoms. The molecule has 2 N–H and O–H groups in total. The number of hydrogen-bond donors (Lipinski definition) is 2. The Balaban J connectivity index is 1.73. The molecule has 146 valence electrons. The molecule has 0 aliphatic rings. The van der Waals surface area contributed by atoms with Gasteiger partial charge in [-0.05, 0) is 54.6 Å². The fourth-order valence-electron chi connectivity index (χ4n) is 2.90. The van der Waals surface area contributed by atoms with Crippen molar-refractivity contribution < 1.29 is 9.84 Å². The first-order chi connectivity index (χ1) is 14.2. The van der Waals surface area contributed by atoms with Crippen LogP contribution in [0.1, 0.15) is 5.56 Å². The van der Waals surface area contributed by atoms with E-state index in [1.165, 1.54) is 0 Å². The third kappa shape index (κ3) is 4.00. The Morgan fingerprint density at radius 1 is 0.966 bits per heavy atom. The highest BCUT2D eigenvalue weighted by molar-refractivity contribution is 6.30. The molecule has 0 atom stereocenters. The average molecular weight is 408 g/mol. The van der Waals surface area contributed by atoms with Crippen LogP contribution in [0.5, 0.6) is 11.5 Å². The Kier molecular flexibility index (Phi) is 5.31. The second-order valence-electron chi connectivity index (χ2n) is 6.25. The van der Waals surface area contributed by atoms with Crippen molar-refractivity contribution in [3.05, 3.63) is 77.6 Å². The van der Waals surface area contributed by atoms with Crippen molar-refractivity contribution in [2.75, 3.05) is 12.5 Å². The molecule has 2 aromatic heterocycles. The summed E-state index contributed by atoms with van der Waals surface area (Å²) in [6.45, 7) is 0.333. The molecule has 2 aromatic carbocycles. The number of halogens is 1. The van der Waals surface area contributed by atoms with Crippen molar-refractivity contribution in [1.82, 2.24) is 19.9 Å². The summed E-state index contributed by atoms with van der Waals surface area (Å²) >= 11 is 6.02. The minimum atomic E-state index is 0.171. The van der Waals surface area contributed by atoms with Gasteiger partial charge in [0.15, 0.2) is 11.6 Å². The molecular weight excluding hydrogens is 390 g/mol. The second-order valence-corrected chi connectivity index (χ2v) is 6.69. The van der Waals surface area contributed by atoms with Crippen LogP contribution in [0.15, 0.2) is 67.0 Å². The van der Waals surface area contributed by atoms with Gasteiger partial charge in [-0.3, -0.25) is 4.98 Å². The van der Waals surface area contributed by atoms with Crippen LogP contribution < -0.4 is 10.2 Å². The minimum Gasteiger partial charge on any atom is -0.508 e. The molecule has 0 spiro atoms. The number of pyridine rings is 1. The summed E-state index contributed by atoms with van der Waals surface area (Å²) in [6, 6.07) is 16.2. The fraction of sp³-hybridized carbons (Fsp3) is 0.0952. The van der Waals surface area contributed by atoms with Gasteiger partial charge in [0.05, 0.1) is 13.7 Å². The van der Waals surface area contributed by atoms with Crippen LogP contribution in [-0.2, 0) is 6.54 Å². The number of nitrogens with zero attached hydrogens (tertiary/aromatic N) is 4. The standard InChI is InChI=1S/C21H18ClN5O2/c1-29-18-6-7-19(28)16(12-18)13-24-27-20(14-2-4-17(22)5-3-14)25-26-21(27)15-8-10-23-11-9-15/h2-12,24,28H,13H2,1H3. The molecule has 29 heavy (non-hydrogen) atoms. The number of aromatic hydroxyl groups is 1. The lowest BCUT2D eigenvalue weighted by atomic mass is 10.2. The normalized spacial score (nSPS) is 10.7.